The highest BCUT2D eigenvalue weighted by Crippen LogP contribution is 2.34. The molecule has 12 nitrogen and oxygen atoms in total. The highest BCUT2D eigenvalue weighted by atomic mass is 32.2. The molecule has 0 saturated carbocycles. The quantitative estimate of drug-likeness (QED) is 0.214. The first-order valence-electron chi connectivity index (χ1n) is 13.2. The van der Waals surface area contributed by atoms with Gasteiger partial charge < -0.3 is 30.2 Å². The first kappa shape index (κ1) is 28.1. The number of nitrogens with zero attached hydrogens (tertiary/aromatic N) is 7. The van der Waals surface area contributed by atoms with Crippen molar-refractivity contribution in [2.45, 2.75) is 57.7 Å². The Morgan fingerprint density at radius 3 is 2.62 bits per heavy atom. The average molecular weight is 554 g/mol. The molecule has 4 heterocycles. The maximum Gasteiger partial charge on any atom is 0.326 e. The van der Waals surface area contributed by atoms with E-state index >= 15 is 0 Å². The number of hydrogen-bond donors (Lipinski definition) is 4. The molecule has 0 aliphatic carbocycles. The summed E-state index contributed by atoms with van der Waals surface area (Å²) in [4.78, 5) is 32.3. The molecule has 2 aromatic heterocycles. The molecule has 2 aromatic rings. The van der Waals surface area contributed by atoms with Crippen LogP contribution in [0.5, 0.6) is 0 Å². The van der Waals surface area contributed by atoms with Crippen molar-refractivity contribution in [3.63, 3.8) is 0 Å². The monoisotopic (exact) mass is 553 g/mol. The summed E-state index contributed by atoms with van der Waals surface area (Å²) in [5, 5.41) is 15.4. The molecule has 37 heavy (non-hydrogen) atoms. The highest BCUT2D eigenvalue weighted by molar-refractivity contribution is 7.98. The van der Waals surface area contributed by atoms with Crippen molar-refractivity contribution >= 4 is 36.9 Å². The van der Waals surface area contributed by atoms with E-state index in [1.165, 1.54) is 19.3 Å². The first-order chi connectivity index (χ1) is 17.9. The van der Waals surface area contributed by atoms with Gasteiger partial charge in [0.05, 0.1) is 18.9 Å². The molecule has 0 spiro atoms. The van der Waals surface area contributed by atoms with Gasteiger partial charge in [0, 0.05) is 51.4 Å². The van der Waals surface area contributed by atoms with Gasteiger partial charge in [-0.1, -0.05) is 5.21 Å². The first-order valence-corrected chi connectivity index (χ1v) is 16.4. The number of thioether (sulfide) groups is 1. The zero-order chi connectivity index (χ0) is 26.1. The summed E-state index contributed by atoms with van der Waals surface area (Å²) in [5.41, 5.74) is 0.855. The number of anilines is 3. The number of likely N-dealkylation sites (tertiary alicyclic amines) is 1. The Morgan fingerprint density at radius 1 is 1.11 bits per heavy atom. The summed E-state index contributed by atoms with van der Waals surface area (Å²) in [6.45, 7) is 5.40. The lowest BCUT2D eigenvalue weighted by molar-refractivity contribution is 0.226. The summed E-state index contributed by atoms with van der Waals surface area (Å²) in [6.07, 6.45) is 10.4. The number of aromatic nitrogens is 5. The van der Waals surface area contributed by atoms with Crippen molar-refractivity contribution in [3.8, 4) is 0 Å². The fourth-order valence-corrected chi connectivity index (χ4v) is 5.68. The van der Waals surface area contributed by atoms with Crippen LogP contribution < -0.4 is 15.5 Å². The van der Waals surface area contributed by atoms with Gasteiger partial charge in [-0.3, -0.25) is 9.25 Å². The van der Waals surface area contributed by atoms with Crippen molar-refractivity contribution < 1.29 is 14.4 Å². The van der Waals surface area contributed by atoms with Crippen LogP contribution in [0.2, 0.25) is 0 Å². The van der Waals surface area contributed by atoms with E-state index in [1.807, 2.05) is 28.7 Å². The van der Waals surface area contributed by atoms with E-state index in [0.717, 1.165) is 75.1 Å². The van der Waals surface area contributed by atoms with Crippen LogP contribution in [0.25, 0.3) is 0 Å². The molecule has 0 atom stereocenters. The fraction of sp³-hybridized carbons (Fsp3) is 0.739. The summed E-state index contributed by atoms with van der Waals surface area (Å²) in [7, 11) is -3.96. The van der Waals surface area contributed by atoms with Crippen LogP contribution in [0.1, 0.15) is 44.2 Å². The zero-order valence-corrected chi connectivity index (χ0v) is 23.3. The van der Waals surface area contributed by atoms with Gasteiger partial charge in [-0.15, -0.1) is 5.10 Å². The summed E-state index contributed by atoms with van der Waals surface area (Å²) < 4.78 is 13.1. The van der Waals surface area contributed by atoms with Gasteiger partial charge in [-0.05, 0) is 50.5 Å². The van der Waals surface area contributed by atoms with Crippen LogP contribution in [-0.2, 0) is 17.7 Å². The Balaban J connectivity index is 1.37. The Labute approximate surface area is 223 Å². The second kappa shape index (κ2) is 13.7. The van der Waals surface area contributed by atoms with Gasteiger partial charge in [0.15, 0.2) is 0 Å². The third-order valence-corrected chi connectivity index (χ3v) is 8.27. The third-order valence-electron chi connectivity index (χ3n) is 6.79. The molecule has 0 aromatic carbocycles. The lowest BCUT2D eigenvalue weighted by atomic mass is 10.1. The van der Waals surface area contributed by atoms with Crippen LogP contribution in [0.15, 0.2) is 12.3 Å². The molecule has 2 saturated heterocycles. The topological polar surface area (TPSA) is 145 Å². The number of aryl methyl sites for hydroxylation is 1. The van der Waals surface area contributed by atoms with E-state index in [0.29, 0.717) is 19.0 Å². The van der Waals surface area contributed by atoms with E-state index in [-0.39, 0.29) is 12.2 Å². The van der Waals surface area contributed by atoms with E-state index in [4.69, 9.17) is 19.8 Å². The van der Waals surface area contributed by atoms with Gasteiger partial charge in [-0.2, -0.15) is 21.7 Å². The smallest absolute Gasteiger partial charge is 0.326 e. The van der Waals surface area contributed by atoms with Gasteiger partial charge >= 0.3 is 7.60 Å². The molecule has 14 heteroatoms. The predicted octanol–water partition coefficient (Wildman–Crippen LogP) is 2.48. The SMILES string of the molecule is CSCCCn1cc(CNc2nc(NC3CCN(CCP(=O)(O)O)CC3)cc(N3CCCCC3)n2)nn1. The van der Waals surface area contributed by atoms with Gasteiger partial charge in [-0.25, -0.2) is 0 Å². The molecule has 0 amide bonds. The molecule has 4 rings (SSSR count). The maximum absolute atomic E-state index is 11.2. The fourth-order valence-electron chi connectivity index (χ4n) is 4.72. The Bertz CT molecular complexity index is 1020. The zero-order valence-electron chi connectivity index (χ0n) is 21.6. The number of nitrogens with one attached hydrogen (secondary N) is 2. The van der Waals surface area contributed by atoms with E-state index < -0.39 is 7.60 Å². The number of hydrogen-bond acceptors (Lipinski definition) is 10. The van der Waals surface area contributed by atoms with Gasteiger partial charge in [0.1, 0.15) is 17.3 Å². The van der Waals surface area contributed by atoms with Crippen LogP contribution in [0.4, 0.5) is 17.6 Å². The van der Waals surface area contributed by atoms with E-state index in [2.05, 4.69) is 37.0 Å². The normalized spacial score (nSPS) is 17.8. The lowest BCUT2D eigenvalue weighted by Crippen LogP contribution is -2.40. The van der Waals surface area contributed by atoms with Crippen LogP contribution in [0.3, 0.4) is 0 Å². The molecule has 0 bridgehead atoms. The Kier molecular flexibility index (Phi) is 10.4. The summed E-state index contributed by atoms with van der Waals surface area (Å²) >= 11 is 1.83. The van der Waals surface area contributed by atoms with Crippen molar-refractivity contribution in [1.82, 2.24) is 29.9 Å². The van der Waals surface area contributed by atoms with Crippen molar-refractivity contribution in [1.29, 1.82) is 0 Å². The van der Waals surface area contributed by atoms with Crippen LogP contribution >= 0.6 is 19.4 Å². The minimum Gasteiger partial charge on any atom is -0.367 e. The molecule has 2 fully saturated rings. The maximum atomic E-state index is 11.2. The Morgan fingerprint density at radius 2 is 1.89 bits per heavy atom. The molecule has 0 radical (unpaired) electrons. The second-order valence-corrected chi connectivity index (χ2v) is 12.6. The number of rotatable bonds is 13. The molecule has 2 aliphatic rings. The standard InChI is InChI=1S/C23H40N9O3PS/c1-37-15-5-10-32-18-20(28-29-32)17-24-23-26-21(16-22(27-23)31-8-3-2-4-9-31)25-19-6-11-30(12-7-19)13-14-36(33,34)35/h16,18-19H,2-15,17H2,1H3,(H2,33,34,35)(H2,24,25,26,27). The third kappa shape index (κ3) is 9.40. The predicted molar refractivity (Wildman–Crippen MR) is 148 cm³/mol. The van der Waals surface area contributed by atoms with Crippen molar-refractivity contribution in [2.75, 3.05) is 66.4 Å². The van der Waals surface area contributed by atoms with Crippen LogP contribution in [0, 0.1) is 0 Å². The molecule has 4 N–H and O–H groups in total. The summed E-state index contributed by atoms with van der Waals surface area (Å²) in [6, 6.07) is 2.29. The van der Waals surface area contributed by atoms with Crippen molar-refractivity contribution in [3.05, 3.63) is 18.0 Å². The van der Waals surface area contributed by atoms with Gasteiger partial charge in [0.25, 0.3) is 0 Å². The molecule has 2 aliphatic heterocycles. The van der Waals surface area contributed by atoms with Crippen molar-refractivity contribution in [2.24, 2.45) is 0 Å². The summed E-state index contributed by atoms with van der Waals surface area (Å²) in [5.74, 6) is 3.40. The second-order valence-electron chi connectivity index (χ2n) is 9.80. The highest BCUT2D eigenvalue weighted by Gasteiger charge is 2.23. The molecule has 0 unspecified atom stereocenters. The average Bonchev–Trinajstić information content (AvgIpc) is 3.35. The van der Waals surface area contributed by atoms with E-state index in [1.54, 1.807) is 0 Å². The van der Waals surface area contributed by atoms with E-state index in [9.17, 15) is 4.57 Å². The van der Waals surface area contributed by atoms with Crippen LogP contribution in [-0.4, -0.2) is 96.6 Å². The lowest BCUT2D eigenvalue weighted by Gasteiger charge is -2.33. The molecular weight excluding hydrogens is 513 g/mol. The molecular formula is C23H40N9O3PS. The largest absolute Gasteiger partial charge is 0.367 e. The van der Waals surface area contributed by atoms with Gasteiger partial charge in [0.2, 0.25) is 5.95 Å². The minimum atomic E-state index is -3.96. The minimum absolute atomic E-state index is 0.0865. The Hall–Kier alpha value is -1.92. The number of piperidine rings is 2. The molecule has 206 valence electrons.